The number of thioether (sulfide) groups is 1. The van der Waals surface area contributed by atoms with Gasteiger partial charge in [-0.05, 0) is 23.6 Å². The van der Waals surface area contributed by atoms with Gasteiger partial charge in [-0.2, -0.15) is 0 Å². The summed E-state index contributed by atoms with van der Waals surface area (Å²) in [7, 11) is 0. The van der Waals surface area contributed by atoms with Crippen molar-refractivity contribution in [3.05, 3.63) is 41.5 Å². The zero-order valence-corrected chi connectivity index (χ0v) is 13.6. The number of halogens is 2. The standard InChI is InChI=1S/C14H18FN3OS.ClH/c1-3-9(2)12(16)13-17-18-14(19-13)20-8-10-5-4-6-11(15)7-10;/h4-7,9,12H,3,8,16H2,1-2H3;1H/t9?,12-;/m0./s1. The highest BCUT2D eigenvalue weighted by Crippen LogP contribution is 2.26. The molecule has 0 aliphatic rings. The topological polar surface area (TPSA) is 64.9 Å². The number of benzene rings is 1. The summed E-state index contributed by atoms with van der Waals surface area (Å²) in [5.74, 6) is 1.09. The van der Waals surface area contributed by atoms with Gasteiger partial charge in [0.25, 0.3) is 5.22 Å². The summed E-state index contributed by atoms with van der Waals surface area (Å²) >= 11 is 1.38. The largest absolute Gasteiger partial charge is 0.414 e. The minimum atomic E-state index is -0.242. The summed E-state index contributed by atoms with van der Waals surface area (Å²) in [5, 5.41) is 8.40. The summed E-state index contributed by atoms with van der Waals surface area (Å²) in [5.41, 5.74) is 6.91. The quantitative estimate of drug-likeness (QED) is 0.811. The Morgan fingerprint density at radius 2 is 2.14 bits per heavy atom. The van der Waals surface area contributed by atoms with E-state index in [1.165, 1.54) is 23.9 Å². The number of hydrogen-bond donors (Lipinski definition) is 1. The number of hydrogen-bond acceptors (Lipinski definition) is 5. The molecule has 2 aromatic rings. The van der Waals surface area contributed by atoms with Crippen LogP contribution < -0.4 is 5.73 Å². The second-order valence-corrected chi connectivity index (χ2v) is 5.66. The molecule has 1 unspecified atom stereocenters. The molecule has 0 fully saturated rings. The lowest BCUT2D eigenvalue weighted by atomic mass is 10.0. The van der Waals surface area contributed by atoms with Gasteiger partial charge in [0.05, 0.1) is 6.04 Å². The normalized spacial score (nSPS) is 13.5. The third kappa shape index (κ3) is 4.98. The van der Waals surface area contributed by atoms with Gasteiger partial charge >= 0.3 is 0 Å². The van der Waals surface area contributed by atoms with Crippen molar-refractivity contribution in [2.45, 2.75) is 37.3 Å². The molecule has 0 radical (unpaired) electrons. The van der Waals surface area contributed by atoms with Gasteiger partial charge in [0.2, 0.25) is 5.89 Å². The molecule has 0 aliphatic heterocycles. The highest BCUT2D eigenvalue weighted by atomic mass is 35.5. The van der Waals surface area contributed by atoms with Crippen LogP contribution in [0.1, 0.15) is 37.8 Å². The summed E-state index contributed by atoms with van der Waals surface area (Å²) in [6, 6.07) is 6.22. The molecule has 0 spiro atoms. The first-order chi connectivity index (χ1) is 9.60. The minimum absolute atomic E-state index is 0. The maximum absolute atomic E-state index is 13.1. The average Bonchev–Trinajstić information content (AvgIpc) is 2.92. The fourth-order valence-corrected chi connectivity index (χ4v) is 2.40. The van der Waals surface area contributed by atoms with Gasteiger partial charge in [0, 0.05) is 5.75 Å². The van der Waals surface area contributed by atoms with E-state index in [-0.39, 0.29) is 30.2 Å². The Morgan fingerprint density at radius 1 is 1.38 bits per heavy atom. The maximum atomic E-state index is 13.1. The van der Waals surface area contributed by atoms with Crippen LogP contribution in [0.25, 0.3) is 0 Å². The van der Waals surface area contributed by atoms with Gasteiger partial charge < -0.3 is 10.2 Å². The molecule has 7 heteroatoms. The molecule has 1 heterocycles. The van der Waals surface area contributed by atoms with Crippen LogP contribution >= 0.6 is 24.2 Å². The summed E-state index contributed by atoms with van der Waals surface area (Å²) in [4.78, 5) is 0. The molecule has 0 saturated carbocycles. The number of aromatic nitrogens is 2. The number of nitrogens with zero attached hydrogens (tertiary/aromatic N) is 2. The first-order valence-electron chi connectivity index (χ1n) is 6.56. The van der Waals surface area contributed by atoms with Crippen molar-refractivity contribution < 1.29 is 8.81 Å². The molecule has 0 saturated heterocycles. The molecular formula is C14H19ClFN3OS. The molecule has 0 aliphatic carbocycles. The molecule has 4 nitrogen and oxygen atoms in total. The van der Waals surface area contributed by atoms with Gasteiger partial charge in [-0.3, -0.25) is 0 Å². The first kappa shape index (κ1) is 17.9. The molecule has 1 aromatic heterocycles. The Morgan fingerprint density at radius 3 is 2.81 bits per heavy atom. The van der Waals surface area contributed by atoms with Crippen LogP contribution in [0.3, 0.4) is 0 Å². The Kier molecular flexibility index (Phi) is 7.14. The lowest BCUT2D eigenvalue weighted by molar-refractivity contribution is 0.333. The van der Waals surface area contributed by atoms with Gasteiger partial charge in [0.15, 0.2) is 0 Å². The van der Waals surface area contributed by atoms with Gasteiger partial charge in [-0.15, -0.1) is 22.6 Å². The Hall–Kier alpha value is -1.11. The third-order valence-electron chi connectivity index (χ3n) is 3.22. The molecule has 116 valence electrons. The van der Waals surface area contributed by atoms with Crippen LogP contribution in [0.15, 0.2) is 33.9 Å². The highest BCUT2D eigenvalue weighted by Gasteiger charge is 2.19. The van der Waals surface area contributed by atoms with E-state index in [0.717, 1.165) is 12.0 Å². The van der Waals surface area contributed by atoms with Crippen molar-refractivity contribution in [1.82, 2.24) is 10.2 Å². The SMILES string of the molecule is CCC(C)[C@H](N)c1nnc(SCc2cccc(F)c2)o1.Cl. The van der Waals surface area contributed by atoms with E-state index in [2.05, 4.69) is 24.0 Å². The predicted octanol–water partition coefficient (Wildman–Crippen LogP) is 3.97. The van der Waals surface area contributed by atoms with Crippen LogP contribution in [0, 0.1) is 11.7 Å². The molecule has 2 N–H and O–H groups in total. The van der Waals surface area contributed by atoms with Crippen molar-refractivity contribution in [2.24, 2.45) is 11.7 Å². The Labute approximate surface area is 134 Å². The van der Waals surface area contributed by atoms with E-state index in [9.17, 15) is 4.39 Å². The molecule has 21 heavy (non-hydrogen) atoms. The van der Waals surface area contributed by atoms with Crippen molar-refractivity contribution in [3.8, 4) is 0 Å². The molecular weight excluding hydrogens is 313 g/mol. The van der Waals surface area contributed by atoms with Gasteiger partial charge in [-0.25, -0.2) is 4.39 Å². The maximum Gasteiger partial charge on any atom is 0.276 e. The van der Waals surface area contributed by atoms with E-state index in [4.69, 9.17) is 10.2 Å². The summed E-state index contributed by atoms with van der Waals surface area (Å²) in [6.07, 6.45) is 0.954. The van der Waals surface area contributed by atoms with E-state index in [0.29, 0.717) is 16.9 Å². The van der Waals surface area contributed by atoms with E-state index in [1.807, 2.05) is 6.07 Å². The van der Waals surface area contributed by atoms with Crippen LogP contribution in [-0.2, 0) is 5.75 Å². The monoisotopic (exact) mass is 331 g/mol. The Balaban J connectivity index is 0.00000220. The zero-order valence-electron chi connectivity index (χ0n) is 12.0. The van der Waals surface area contributed by atoms with E-state index >= 15 is 0 Å². The van der Waals surface area contributed by atoms with Crippen LogP contribution in [-0.4, -0.2) is 10.2 Å². The lowest BCUT2D eigenvalue weighted by Crippen LogP contribution is -2.18. The zero-order chi connectivity index (χ0) is 14.5. The van der Waals surface area contributed by atoms with Gasteiger partial charge in [0.1, 0.15) is 5.82 Å². The minimum Gasteiger partial charge on any atom is -0.414 e. The van der Waals surface area contributed by atoms with Crippen molar-refractivity contribution >= 4 is 24.2 Å². The molecule has 1 aromatic carbocycles. The smallest absolute Gasteiger partial charge is 0.276 e. The van der Waals surface area contributed by atoms with Crippen LogP contribution in [0.2, 0.25) is 0 Å². The Bertz CT molecular complexity index is 567. The average molecular weight is 332 g/mol. The molecule has 0 amide bonds. The fraction of sp³-hybridized carbons (Fsp3) is 0.429. The van der Waals surface area contributed by atoms with Crippen molar-refractivity contribution in [1.29, 1.82) is 0 Å². The molecule has 0 bridgehead atoms. The number of nitrogens with two attached hydrogens (primary N) is 1. The second-order valence-electron chi connectivity index (χ2n) is 4.74. The van der Waals surface area contributed by atoms with Crippen molar-refractivity contribution in [3.63, 3.8) is 0 Å². The molecule has 2 atom stereocenters. The summed E-state index contributed by atoms with van der Waals surface area (Å²) < 4.78 is 18.6. The first-order valence-corrected chi connectivity index (χ1v) is 7.55. The highest BCUT2D eigenvalue weighted by molar-refractivity contribution is 7.98. The second kappa shape index (κ2) is 8.36. The van der Waals surface area contributed by atoms with E-state index < -0.39 is 0 Å². The number of rotatable bonds is 6. The lowest BCUT2D eigenvalue weighted by Gasteiger charge is -2.13. The fourth-order valence-electron chi connectivity index (χ4n) is 1.68. The molecule has 2 rings (SSSR count). The summed E-state index contributed by atoms with van der Waals surface area (Å²) in [6.45, 7) is 4.12. The van der Waals surface area contributed by atoms with Crippen LogP contribution in [0.4, 0.5) is 4.39 Å². The van der Waals surface area contributed by atoms with Gasteiger partial charge in [-0.1, -0.05) is 44.2 Å². The predicted molar refractivity (Wildman–Crippen MR) is 83.9 cm³/mol. The van der Waals surface area contributed by atoms with Crippen LogP contribution in [0.5, 0.6) is 0 Å². The van der Waals surface area contributed by atoms with Crippen molar-refractivity contribution in [2.75, 3.05) is 0 Å². The van der Waals surface area contributed by atoms with E-state index in [1.54, 1.807) is 6.07 Å². The third-order valence-corrected chi connectivity index (χ3v) is 4.11.